The second-order valence-corrected chi connectivity index (χ2v) is 1.59. The summed E-state index contributed by atoms with van der Waals surface area (Å²) < 4.78 is 19.0. The maximum absolute atomic E-state index is 9.50. The van der Waals surface area contributed by atoms with Gasteiger partial charge in [0.05, 0.1) is 0 Å². The molecule has 0 saturated heterocycles. The van der Waals surface area contributed by atoms with Gasteiger partial charge < -0.3 is 4.55 Å². The van der Waals surface area contributed by atoms with E-state index in [1.807, 2.05) is 0 Å². The molecule has 0 bridgehead atoms. The summed E-state index contributed by atoms with van der Waals surface area (Å²) in [6, 6.07) is 0. The first-order chi connectivity index (χ1) is 2.77. The molecule has 0 N–H and O–H groups in total. The Kier molecular flexibility index (Phi) is 2.85. The summed E-state index contributed by atoms with van der Waals surface area (Å²) in [6.45, 7) is 3.08. The van der Waals surface area contributed by atoms with Gasteiger partial charge in [0.2, 0.25) is 11.8 Å². The van der Waals surface area contributed by atoms with Crippen molar-refractivity contribution in [2.24, 2.45) is 0 Å². The smallest absolute Gasteiger partial charge is 0.227 e. The van der Waals surface area contributed by atoms with Crippen molar-refractivity contribution < 1.29 is 8.76 Å². The van der Waals surface area contributed by atoms with Gasteiger partial charge in [-0.1, -0.05) is 0 Å². The molecule has 0 aromatic rings. The highest BCUT2D eigenvalue weighted by Gasteiger charge is 1.83. The van der Waals surface area contributed by atoms with E-state index in [1.54, 1.807) is 0 Å². The van der Waals surface area contributed by atoms with E-state index in [1.165, 1.54) is 0 Å². The highest BCUT2D eigenvalue weighted by Crippen LogP contribution is 1.67. The third-order valence-corrected chi connectivity index (χ3v) is 0.660. The van der Waals surface area contributed by atoms with Gasteiger partial charge in [0, 0.05) is 11.1 Å². The summed E-state index contributed by atoms with van der Waals surface area (Å²) in [7, 11) is 0. The van der Waals surface area contributed by atoms with Gasteiger partial charge in [-0.3, -0.25) is 4.21 Å². The van der Waals surface area contributed by atoms with Crippen molar-refractivity contribution in [3.63, 3.8) is 0 Å². The van der Waals surface area contributed by atoms with Crippen LogP contribution in [-0.4, -0.2) is 14.5 Å². The Labute approximate surface area is 39.2 Å². The first-order valence-electron chi connectivity index (χ1n) is 1.33. The summed E-state index contributed by atoms with van der Waals surface area (Å²) >= 11 is -1.99. The zero-order valence-electron chi connectivity index (χ0n) is 3.14. The molecule has 34 valence electrons. The fourth-order valence-corrected chi connectivity index (χ4v) is 0.250. The monoisotopic (exact) mass is 104 g/mol. The van der Waals surface area contributed by atoms with Crippen LogP contribution in [0.2, 0.25) is 0 Å². The maximum Gasteiger partial charge on any atom is 0.227 e. The van der Waals surface area contributed by atoms with E-state index in [0.29, 0.717) is 0 Å². The molecule has 0 radical (unpaired) electrons. The van der Waals surface area contributed by atoms with Crippen molar-refractivity contribution in [2.45, 2.75) is 0 Å². The van der Waals surface area contributed by atoms with Gasteiger partial charge in [0.25, 0.3) is 0 Å². The third-order valence-electron chi connectivity index (χ3n) is 0.220. The van der Waals surface area contributed by atoms with Crippen molar-refractivity contribution in [2.75, 3.05) is 5.75 Å². The van der Waals surface area contributed by atoms with E-state index < -0.39 is 11.1 Å². The van der Waals surface area contributed by atoms with Crippen LogP contribution in [-0.2, 0) is 11.1 Å². The first-order valence-corrected chi connectivity index (χ1v) is 2.57. The first kappa shape index (κ1) is 5.76. The third kappa shape index (κ3) is 3.76. The molecule has 0 saturated carbocycles. The Balaban J connectivity index is 3.05. The van der Waals surface area contributed by atoms with Crippen LogP contribution in [0.1, 0.15) is 0 Å². The molecule has 6 heavy (non-hydrogen) atoms. The van der Waals surface area contributed by atoms with Crippen LogP contribution >= 0.6 is 0 Å². The van der Waals surface area contributed by atoms with Gasteiger partial charge in [-0.2, -0.15) is 0 Å². The van der Waals surface area contributed by atoms with Crippen LogP contribution in [0.3, 0.4) is 0 Å². The molecule has 0 aromatic carbocycles. The van der Waals surface area contributed by atoms with Crippen molar-refractivity contribution in [3.8, 4) is 0 Å². The predicted octanol–water partition coefficient (Wildman–Crippen LogP) is -0.145. The topological polar surface area (TPSA) is 40.1 Å². The number of hydrogen-bond acceptors (Lipinski definition) is 2. The van der Waals surface area contributed by atoms with Gasteiger partial charge in [-0.25, -0.2) is 0 Å². The molecule has 2 nitrogen and oxygen atoms in total. The normalized spacial score (nSPS) is 12.8. The Morgan fingerprint density at radius 1 is 2.00 bits per heavy atom. The lowest BCUT2D eigenvalue weighted by Gasteiger charge is -1.87. The summed E-state index contributed by atoms with van der Waals surface area (Å²) in [6.07, 6.45) is 2.20. The molecule has 0 aromatic heterocycles. The van der Waals surface area contributed by atoms with E-state index in [0.717, 1.165) is 0 Å². The molecule has 1 unspecified atom stereocenters. The summed E-state index contributed by atoms with van der Waals surface area (Å²) in [4.78, 5) is 0. The van der Waals surface area contributed by atoms with Crippen LogP contribution in [0.25, 0.3) is 0 Å². The minimum atomic E-state index is -1.99. The summed E-state index contributed by atoms with van der Waals surface area (Å²) in [5, 5.41) is 0. The molecule has 0 aliphatic heterocycles. The van der Waals surface area contributed by atoms with Crippen molar-refractivity contribution in [1.82, 2.24) is 0 Å². The lowest BCUT2D eigenvalue weighted by atomic mass is 10.8. The Bertz CT molecular complexity index is 69.2. The fraction of sp³-hybridized carbons (Fsp3) is 0.333. The summed E-state index contributed by atoms with van der Waals surface area (Å²) in [5.41, 5.74) is 0. The van der Waals surface area contributed by atoms with E-state index in [4.69, 9.17) is 0 Å². The van der Waals surface area contributed by atoms with Gasteiger partial charge in [-0.15, -0.1) is 0 Å². The second-order valence-electron chi connectivity index (χ2n) is 0.698. The van der Waals surface area contributed by atoms with E-state index in [9.17, 15) is 8.76 Å². The lowest BCUT2D eigenvalue weighted by molar-refractivity contribution is 0.540. The highest BCUT2D eigenvalue weighted by atomic mass is 32.2. The minimum Gasteiger partial charge on any atom is -0.769 e. The number of hydrogen-bond donors (Lipinski definition) is 0. The highest BCUT2D eigenvalue weighted by molar-refractivity contribution is 7.79. The van der Waals surface area contributed by atoms with Crippen LogP contribution in [0.15, 0.2) is 6.58 Å². The molecule has 0 amide bonds. The molecule has 0 heterocycles. The Hall–Kier alpha value is -0.240. The molecule has 0 rings (SSSR count). The quantitative estimate of drug-likeness (QED) is 0.361. The SMILES string of the molecule is C=[C+]CS(=O)[O-]. The maximum atomic E-state index is 9.50. The standard InChI is InChI=1S/C3H4O2S/c1-2-3-6(4)5/h1,3H2. The zero-order valence-corrected chi connectivity index (χ0v) is 3.96. The summed E-state index contributed by atoms with van der Waals surface area (Å²) in [5.74, 6) is -0.0694. The predicted molar refractivity (Wildman–Crippen MR) is 22.7 cm³/mol. The fourth-order valence-electron chi connectivity index (χ4n) is 0.0833. The second kappa shape index (κ2) is 2.97. The Morgan fingerprint density at radius 3 is 2.50 bits per heavy atom. The van der Waals surface area contributed by atoms with Crippen LogP contribution in [0, 0.1) is 6.08 Å². The number of rotatable bonds is 2. The van der Waals surface area contributed by atoms with Crippen LogP contribution < -0.4 is 0 Å². The molecular formula is C3H4O2S. The molecule has 0 fully saturated rings. The molecule has 3 heteroatoms. The van der Waals surface area contributed by atoms with Crippen LogP contribution in [0.5, 0.6) is 0 Å². The molecule has 1 atom stereocenters. The van der Waals surface area contributed by atoms with Crippen molar-refractivity contribution >= 4 is 11.1 Å². The van der Waals surface area contributed by atoms with E-state index in [2.05, 4.69) is 12.7 Å². The van der Waals surface area contributed by atoms with Gasteiger partial charge in [0.15, 0.2) is 0 Å². The van der Waals surface area contributed by atoms with E-state index in [-0.39, 0.29) is 5.75 Å². The van der Waals surface area contributed by atoms with Gasteiger partial charge in [-0.05, 0) is 0 Å². The molecule has 0 aliphatic rings. The average Bonchev–Trinajstić information content (AvgIpc) is 1.35. The van der Waals surface area contributed by atoms with Crippen LogP contribution in [0.4, 0.5) is 0 Å². The van der Waals surface area contributed by atoms with Gasteiger partial charge >= 0.3 is 0 Å². The zero-order chi connectivity index (χ0) is 4.99. The molecule has 0 aliphatic carbocycles. The van der Waals surface area contributed by atoms with Crippen molar-refractivity contribution in [1.29, 1.82) is 0 Å². The average molecular weight is 104 g/mol. The Morgan fingerprint density at radius 2 is 2.50 bits per heavy atom. The van der Waals surface area contributed by atoms with Gasteiger partial charge in [0.1, 0.15) is 6.58 Å². The van der Waals surface area contributed by atoms with Crippen molar-refractivity contribution in [3.05, 3.63) is 12.7 Å². The van der Waals surface area contributed by atoms with E-state index >= 15 is 0 Å². The lowest BCUT2D eigenvalue weighted by Crippen LogP contribution is -1.88. The molecular weight excluding hydrogens is 100 g/mol. The largest absolute Gasteiger partial charge is 0.769 e. The molecule has 0 spiro atoms. The minimum absolute atomic E-state index is 0.0694.